The number of nitrogens with zero attached hydrogens (tertiary/aromatic N) is 3. The summed E-state index contributed by atoms with van der Waals surface area (Å²) in [5.41, 5.74) is -0.708. The Morgan fingerprint density at radius 1 is 0.941 bits per heavy atom. The number of hydrogen-bond donors (Lipinski definition) is 2. The molecule has 0 aliphatic heterocycles. The maximum Gasteiger partial charge on any atom is 0.348 e. The van der Waals surface area contributed by atoms with Crippen LogP contribution < -0.4 is 5.32 Å². The summed E-state index contributed by atoms with van der Waals surface area (Å²) in [6, 6.07) is 27.6. The van der Waals surface area contributed by atoms with E-state index in [2.05, 4.69) is 10.4 Å². The molecule has 0 radical (unpaired) electrons. The summed E-state index contributed by atoms with van der Waals surface area (Å²) < 4.78 is 6.64. The van der Waals surface area contributed by atoms with Gasteiger partial charge in [-0.25, -0.2) is 9.48 Å². The van der Waals surface area contributed by atoms with Crippen LogP contribution in [0.5, 0.6) is 0 Å². The lowest BCUT2D eigenvalue weighted by molar-refractivity contribution is -0.163. The normalized spacial score (nSPS) is 10.8. The Kier molecular flexibility index (Phi) is 6.48. The van der Waals surface area contributed by atoms with Crippen LogP contribution in [-0.4, -0.2) is 33.4 Å². The molecule has 0 atom stereocenters. The zero-order chi connectivity index (χ0) is 24.0. The van der Waals surface area contributed by atoms with E-state index in [9.17, 15) is 20.0 Å². The molecule has 0 aliphatic rings. The van der Waals surface area contributed by atoms with E-state index in [4.69, 9.17) is 4.74 Å². The van der Waals surface area contributed by atoms with Crippen molar-refractivity contribution in [3.63, 3.8) is 0 Å². The number of ether oxygens (including phenoxy) is 1. The van der Waals surface area contributed by atoms with Crippen molar-refractivity contribution < 1.29 is 19.4 Å². The molecule has 1 amide bonds. The number of para-hydroxylation sites is 1. The van der Waals surface area contributed by atoms with Crippen molar-refractivity contribution in [1.82, 2.24) is 9.78 Å². The SMILES string of the molecule is N#Cc1cnn(-c2ccccc2)c1NC(=O)COC(=O)C(O)(c1ccccc1)c1ccccc1. The highest BCUT2D eigenvalue weighted by Crippen LogP contribution is 2.31. The maximum atomic E-state index is 13.1. The highest BCUT2D eigenvalue weighted by molar-refractivity contribution is 5.94. The second-order valence-electron chi connectivity index (χ2n) is 7.33. The van der Waals surface area contributed by atoms with Crippen molar-refractivity contribution >= 4 is 17.7 Å². The van der Waals surface area contributed by atoms with Gasteiger partial charge in [-0.3, -0.25) is 4.79 Å². The number of aliphatic hydroxyl groups is 1. The first-order valence-corrected chi connectivity index (χ1v) is 10.4. The summed E-state index contributed by atoms with van der Waals surface area (Å²) in [5.74, 6) is -1.54. The van der Waals surface area contributed by atoms with Gasteiger partial charge in [-0.05, 0) is 23.3 Å². The Labute approximate surface area is 195 Å². The van der Waals surface area contributed by atoms with Crippen LogP contribution >= 0.6 is 0 Å². The Hall–Kier alpha value is -4.74. The van der Waals surface area contributed by atoms with Crippen LogP contribution in [0, 0.1) is 11.3 Å². The molecule has 0 bridgehead atoms. The van der Waals surface area contributed by atoms with Crippen molar-refractivity contribution in [2.45, 2.75) is 5.60 Å². The first kappa shape index (κ1) is 22.5. The molecule has 1 heterocycles. The first-order valence-electron chi connectivity index (χ1n) is 10.4. The lowest BCUT2D eigenvalue weighted by Gasteiger charge is -2.27. The number of esters is 1. The average Bonchev–Trinajstić information content (AvgIpc) is 3.30. The van der Waals surface area contributed by atoms with E-state index in [1.807, 2.05) is 12.1 Å². The van der Waals surface area contributed by atoms with Gasteiger partial charge in [-0.2, -0.15) is 10.4 Å². The molecule has 8 heteroatoms. The van der Waals surface area contributed by atoms with E-state index in [0.29, 0.717) is 16.8 Å². The van der Waals surface area contributed by atoms with Gasteiger partial charge < -0.3 is 15.2 Å². The molecular formula is C26H20N4O4. The summed E-state index contributed by atoms with van der Waals surface area (Å²) in [7, 11) is 0. The van der Waals surface area contributed by atoms with Crippen molar-refractivity contribution in [2.75, 3.05) is 11.9 Å². The predicted molar refractivity (Wildman–Crippen MR) is 124 cm³/mol. The molecule has 0 saturated heterocycles. The molecule has 34 heavy (non-hydrogen) atoms. The fraction of sp³-hybridized carbons (Fsp3) is 0.0769. The predicted octanol–water partition coefficient (Wildman–Crippen LogP) is 3.16. The molecule has 0 unspecified atom stereocenters. The van der Waals surface area contributed by atoms with Gasteiger partial charge in [-0.15, -0.1) is 0 Å². The molecule has 0 spiro atoms. The summed E-state index contributed by atoms with van der Waals surface area (Å²) in [6.45, 7) is -0.675. The van der Waals surface area contributed by atoms with E-state index in [-0.39, 0.29) is 11.4 Å². The quantitative estimate of drug-likeness (QED) is 0.416. The number of carbonyl (C=O) groups excluding carboxylic acids is 2. The lowest BCUT2D eigenvalue weighted by atomic mass is 9.86. The Morgan fingerprint density at radius 3 is 2.00 bits per heavy atom. The van der Waals surface area contributed by atoms with Crippen molar-refractivity contribution in [3.8, 4) is 11.8 Å². The van der Waals surface area contributed by atoms with E-state index in [0.717, 1.165) is 0 Å². The van der Waals surface area contributed by atoms with Gasteiger partial charge in [0.15, 0.2) is 12.4 Å². The maximum absolute atomic E-state index is 13.1. The van der Waals surface area contributed by atoms with E-state index < -0.39 is 24.1 Å². The van der Waals surface area contributed by atoms with E-state index in [1.54, 1.807) is 84.9 Å². The smallest absolute Gasteiger partial charge is 0.348 e. The molecule has 0 saturated carbocycles. The second-order valence-corrected chi connectivity index (χ2v) is 7.33. The highest BCUT2D eigenvalue weighted by Gasteiger charge is 2.41. The van der Waals surface area contributed by atoms with Gasteiger partial charge in [0.2, 0.25) is 5.60 Å². The highest BCUT2D eigenvalue weighted by atomic mass is 16.6. The van der Waals surface area contributed by atoms with Gasteiger partial charge in [0.25, 0.3) is 5.91 Å². The summed E-state index contributed by atoms with van der Waals surface area (Å²) in [5, 5.41) is 27.5. The number of carbonyl (C=O) groups is 2. The van der Waals surface area contributed by atoms with Gasteiger partial charge in [0, 0.05) is 0 Å². The second kappa shape index (κ2) is 9.81. The molecule has 4 aromatic rings. The number of nitriles is 1. The van der Waals surface area contributed by atoms with Crippen LogP contribution in [0.4, 0.5) is 5.82 Å². The Morgan fingerprint density at radius 2 is 1.47 bits per heavy atom. The van der Waals surface area contributed by atoms with Crippen LogP contribution in [0.2, 0.25) is 0 Å². The standard InChI is InChI=1S/C26H20N4O4/c27-16-19-17-28-30(22-14-8-3-9-15-22)24(19)29-23(31)18-34-25(32)26(33,20-10-4-1-5-11-20)21-12-6-2-7-13-21/h1-15,17,33H,18H2,(H,29,31). The Bertz CT molecular complexity index is 1290. The molecule has 8 nitrogen and oxygen atoms in total. The molecule has 0 aliphatic carbocycles. The molecule has 1 aromatic heterocycles. The molecular weight excluding hydrogens is 432 g/mol. The minimum absolute atomic E-state index is 0.147. The van der Waals surface area contributed by atoms with Crippen molar-refractivity contribution in [1.29, 1.82) is 5.26 Å². The number of rotatable bonds is 7. The van der Waals surface area contributed by atoms with Crippen LogP contribution in [0.15, 0.2) is 97.2 Å². The zero-order valence-electron chi connectivity index (χ0n) is 18.0. The number of hydrogen-bond acceptors (Lipinski definition) is 6. The summed E-state index contributed by atoms with van der Waals surface area (Å²) in [6.07, 6.45) is 1.33. The largest absolute Gasteiger partial charge is 0.453 e. The number of nitrogens with one attached hydrogen (secondary N) is 1. The first-order chi connectivity index (χ1) is 16.5. The minimum atomic E-state index is -2.10. The Balaban J connectivity index is 1.54. The van der Waals surface area contributed by atoms with E-state index in [1.165, 1.54) is 10.9 Å². The number of anilines is 1. The lowest BCUT2D eigenvalue weighted by Crippen LogP contribution is -2.40. The third kappa shape index (κ3) is 4.41. The van der Waals surface area contributed by atoms with Crippen LogP contribution in [0.25, 0.3) is 5.69 Å². The van der Waals surface area contributed by atoms with Crippen LogP contribution in [0.3, 0.4) is 0 Å². The number of amides is 1. The molecule has 0 fully saturated rings. The monoisotopic (exact) mass is 452 g/mol. The van der Waals surface area contributed by atoms with Crippen LogP contribution in [-0.2, 0) is 19.9 Å². The topological polar surface area (TPSA) is 117 Å². The molecule has 2 N–H and O–H groups in total. The van der Waals surface area contributed by atoms with Gasteiger partial charge >= 0.3 is 5.97 Å². The molecule has 3 aromatic carbocycles. The number of aromatic nitrogens is 2. The van der Waals surface area contributed by atoms with E-state index >= 15 is 0 Å². The van der Waals surface area contributed by atoms with Crippen molar-refractivity contribution in [3.05, 3.63) is 114 Å². The minimum Gasteiger partial charge on any atom is -0.453 e. The molecule has 168 valence electrons. The fourth-order valence-corrected chi connectivity index (χ4v) is 3.48. The summed E-state index contributed by atoms with van der Waals surface area (Å²) >= 11 is 0. The van der Waals surface area contributed by atoms with Gasteiger partial charge in [-0.1, -0.05) is 78.9 Å². The van der Waals surface area contributed by atoms with Gasteiger partial charge in [0.1, 0.15) is 11.6 Å². The fourth-order valence-electron chi connectivity index (χ4n) is 3.48. The van der Waals surface area contributed by atoms with Crippen LogP contribution in [0.1, 0.15) is 16.7 Å². The average molecular weight is 452 g/mol. The third-order valence-electron chi connectivity index (χ3n) is 5.16. The zero-order valence-corrected chi connectivity index (χ0v) is 18.0. The third-order valence-corrected chi connectivity index (χ3v) is 5.16. The number of benzene rings is 3. The van der Waals surface area contributed by atoms with Crippen molar-refractivity contribution in [2.24, 2.45) is 0 Å². The molecule has 4 rings (SSSR count). The van der Waals surface area contributed by atoms with Gasteiger partial charge in [0.05, 0.1) is 11.9 Å². The summed E-state index contributed by atoms with van der Waals surface area (Å²) in [4.78, 5) is 25.7.